The molecule has 6 heteroatoms. The maximum Gasteiger partial charge on any atom is 0.416 e. The number of benzene rings is 1. The van der Waals surface area contributed by atoms with E-state index in [2.05, 4.69) is 5.32 Å². The average molecular weight is 286 g/mol. The Morgan fingerprint density at radius 3 is 2.40 bits per heavy atom. The molecule has 0 spiro atoms. The number of alkyl halides is 3. The fourth-order valence-corrected chi connectivity index (χ4v) is 2.70. The highest BCUT2D eigenvalue weighted by Crippen LogP contribution is 2.33. The summed E-state index contributed by atoms with van der Waals surface area (Å²) in [6.45, 7) is -0.0153. The van der Waals surface area contributed by atoms with Crippen LogP contribution < -0.4 is 11.1 Å². The summed E-state index contributed by atoms with van der Waals surface area (Å²) >= 11 is 0. The third-order valence-electron chi connectivity index (χ3n) is 3.87. The second kappa shape index (κ2) is 5.44. The van der Waals surface area contributed by atoms with Crippen molar-refractivity contribution >= 4 is 5.91 Å². The van der Waals surface area contributed by atoms with Crippen LogP contribution in [0.1, 0.15) is 36.8 Å². The number of carbonyl (C=O) groups is 1. The molecule has 1 aliphatic rings. The molecule has 110 valence electrons. The van der Waals surface area contributed by atoms with E-state index < -0.39 is 23.2 Å². The molecular weight excluding hydrogens is 269 g/mol. The lowest BCUT2D eigenvalue weighted by atomic mass is 9.95. The number of halogens is 3. The smallest absolute Gasteiger partial charge is 0.368 e. The van der Waals surface area contributed by atoms with Crippen LogP contribution in [0.2, 0.25) is 0 Å². The zero-order chi connectivity index (χ0) is 14.8. The summed E-state index contributed by atoms with van der Waals surface area (Å²) in [5.41, 5.74) is 3.99. The van der Waals surface area contributed by atoms with Gasteiger partial charge in [-0.05, 0) is 24.5 Å². The maximum absolute atomic E-state index is 12.9. The highest BCUT2D eigenvalue weighted by atomic mass is 19.4. The van der Waals surface area contributed by atoms with E-state index in [0.29, 0.717) is 12.8 Å². The predicted octanol–water partition coefficient (Wildman–Crippen LogP) is 2.59. The van der Waals surface area contributed by atoms with Gasteiger partial charge in [0.15, 0.2) is 0 Å². The van der Waals surface area contributed by atoms with Crippen LogP contribution in [0.4, 0.5) is 13.2 Å². The van der Waals surface area contributed by atoms with E-state index in [4.69, 9.17) is 5.73 Å². The predicted molar refractivity (Wildman–Crippen MR) is 68.7 cm³/mol. The molecule has 1 saturated carbocycles. The summed E-state index contributed by atoms with van der Waals surface area (Å²) in [7, 11) is 0. The first-order valence-electron chi connectivity index (χ1n) is 6.55. The molecule has 0 bridgehead atoms. The van der Waals surface area contributed by atoms with Gasteiger partial charge in [0.1, 0.15) is 0 Å². The number of primary amides is 1. The van der Waals surface area contributed by atoms with E-state index >= 15 is 0 Å². The van der Waals surface area contributed by atoms with Crippen molar-refractivity contribution in [2.75, 3.05) is 0 Å². The van der Waals surface area contributed by atoms with Gasteiger partial charge in [0.25, 0.3) is 0 Å². The first-order chi connectivity index (χ1) is 9.35. The minimum absolute atomic E-state index is 0.0153. The zero-order valence-electron chi connectivity index (χ0n) is 11.0. The fourth-order valence-electron chi connectivity index (χ4n) is 2.70. The van der Waals surface area contributed by atoms with Gasteiger partial charge in [-0.15, -0.1) is 0 Å². The number of rotatable bonds is 4. The second-order valence-electron chi connectivity index (χ2n) is 5.16. The van der Waals surface area contributed by atoms with Crippen molar-refractivity contribution in [2.45, 2.75) is 43.9 Å². The average Bonchev–Trinajstić information content (AvgIpc) is 2.86. The van der Waals surface area contributed by atoms with Gasteiger partial charge in [-0.1, -0.05) is 31.0 Å². The van der Waals surface area contributed by atoms with Crippen LogP contribution in [0.3, 0.4) is 0 Å². The Balaban J connectivity index is 2.17. The molecule has 0 unspecified atom stereocenters. The van der Waals surface area contributed by atoms with Crippen molar-refractivity contribution in [1.29, 1.82) is 0 Å². The standard InChI is InChI=1S/C14H17F3N2O/c15-14(16,17)11-6-2-1-5-10(11)9-19-13(12(18)20)7-3-4-8-13/h1-2,5-6,19H,3-4,7-9H2,(H2,18,20). The summed E-state index contributed by atoms with van der Waals surface area (Å²) in [6.07, 6.45) is -1.52. The lowest BCUT2D eigenvalue weighted by Crippen LogP contribution is -2.53. The molecule has 3 N–H and O–H groups in total. The molecule has 1 amide bonds. The molecule has 0 aromatic heterocycles. The molecule has 1 aromatic rings. The van der Waals surface area contributed by atoms with Crippen LogP contribution in [0, 0.1) is 0 Å². The number of nitrogens with two attached hydrogens (primary N) is 1. The molecule has 0 radical (unpaired) electrons. The van der Waals surface area contributed by atoms with Gasteiger partial charge in [0, 0.05) is 6.54 Å². The monoisotopic (exact) mass is 286 g/mol. The first-order valence-corrected chi connectivity index (χ1v) is 6.55. The van der Waals surface area contributed by atoms with Crippen molar-refractivity contribution in [3.05, 3.63) is 35.4 Å². The van der Waals surface area contributed by atoms with E-state index in [1.807, 2.05) is 0 Å². The summed E-state index contributed by atoms with van der Waals surface area (Å²) in [6, 6.07) is 5.37. The third kappa shape index (κ3) is 2.95. The van der Waals surface area contributed by atoms with Gasteiger partial charge in [0.2, 0.25) is 5.91 Å². The van der Waals surface area contributed by atoms with E-state index in [1.165, 1.54) is 12.1 Å². The van der Waals surface area contributed by atoms with Crippen LogP contribution in [-0.2, 0) is 17.5 Å². The molecule has 2 rings (SSSR count). The Morgan fingerprint density at radius 1 is 1.25 bits per heavy atom. The summed E-state index contributed by atoms with van der Waals surface area (Å²) in [5.74, 6) is -0.487. The van der Waals surface area contributed by atoms with Gasteiger partial charge in [-0.2, -0.15) is 13.2 Å². The van der Waals surface area contributed by atoms with E-state index in [0.717, 1.165) is 18.9 Å². The minimum atomic E-state index is -4.40. The van der Waals surface area contributed by atoms with Gasteiger partial charge in [-0.3, -0.25) is 10.1 Å². The fraction of sp³-hybridized carbons (Fsp3) is 0.500. The summed E-state index contributed by atoms with van der Waals surface area (Å²) < 4.78 is 38.7. The number of amides is 1. The highest BCUT2D eigenvalue weighted by molar-refractivity contribution is 5.85. The molecule has 0 aliphatic heterocycles. The van der Waals surface area contributed by atoms with Crippen LogP contribution in [0.25, 0.3) is 0 Å². The van der Waals surface area contributed by atoms with Crippen LogP contribution >= 0.6 is 0 Å². The van der Waals surface area contributed by atoms with E-state index in [-0.39, 0.29) is 12.1 Å². The van der Waals surface area contributed by atoms with Crippen LogP contribution in [0.15, 0.2) is 24.3 Å². The number of nitrogens with one attached hydrogen (secondary N) is 1. The van der Waals surface area contributed by atoms with Crippen molar-refractivity contribution in [3.8, 4) is 0 Å². The van der Waals surface area contributed by atoms with Gasteiger partial charge >= 0.3 is 6.18 Å². The van der Waals surface area contributed by atoms with E-state index in [9.17, 15) is 18.0 Å². The molecule has 1 aromatic carbocycles. The van der Waals surface area contributed by atoms with Gasteiger partial charge < -0.3 is 5.73 Å². The molecule has 0 atom stereocenters. The Bertz CT molecular complexity index is 493. The Morgan fingerprint density at radius 2 is 1.85 bits per heavy atom. The van der Waals surface area contributed by atoms with Crippen molar-refractivity contribution in [2.24, 2.45) is 5.73 Å². The zero-order valence-corrected chi connectivity index (χ0v) is 11.0. The number of carbonyl (C=O) groups excluding carboxylic acids is 1. The van der Waals surface area contributed by atoms with Crippen LogP contribution in [-0.4, -0.2) is 11.4 Å². The molecule has 1 fully saturated rings. The lowest BCUT2D eigenvalue weighted by Gasteiger charge is -2.27. The first kappa shape index (κ1) is 14.8. The van der Waals surface area contributed by atoms with Crippen molar-refractivity contribution in [1.82, 2.24) is 5.32 Å². The largest absolute Gasteiger partial charge is 0.416 e. The summed E-state index contributed by atoms with van der Waals surface area (Å²) in [4.78, 5) is 11.6. The highest BCUT2D eigenvalue weighted by Gasteiger charge is 2.40. The SMILES string of the molecule is NC(=O)C1(NCc2ccccc2C(F)(F)F)CCCC1. The number of hydrogen-bond acceptors (Lipinski definition) is 2. The normalized spacial score (nSPS) is 18.1. The Hall–Kier alpha value is -1.56. The van der Waals surface area contributed by atoms with E-state index in [1.54, 1.807) is 6.07 Å². The van der Waals surface area contributed by atoms with Crippen molar-refractivity contribution in [3.63, 3.8) is 0 Å². The van der Waals surface area contributed by atoms with Crippen LogP contribution in [0.5, 0.6) is 0 Å². The molecule has 20 heavy (non-hydrogen) atoms. The van der Waals surface area contributed by atoms with Gasteiger partial charge in [-0.25, -0.2) is 0 Å². The summed E-state index contributed by atoms with van der Waals surface area (Å²) in [5, 5.41) is 2.95. The van der Waals surface area contributed by atoms with Crippen molar-refractivity contribution < 1.29 is 18.0 Å². The maximum atomic E-state index is 12.9. The Kier molecular flexibility index (Phi) is 4.04. The lowest BCUT2D eigenvalue weighted by molar-refractivity contribution is -0.138. The molecular formula is C14H17F3N2O. The Labute approximate surface area is 115 Å². The quantitative estimate of drug-likeness (QED) is 0.894. The topological polar surface area (TPSA) is 55.1 Å². The molecule has 0 heterocycles. The number of hydrogen-bond donors (Lipinski definition) is 2. The van der Waals surface area contributed by atoms with Gasteiger partial charge in [0.05, 0.1) is 11.1 Å². The minimum Gasteiger partial charge on any atom is -0.368 e. The third-order valence-corrected chi connectivity index (χ3v) is 3.87. The molecule has 1 aliphatic carbocycles. The molecule has 3 nitrogen and oxygen atoms in total. The molecule has 0 saturated heterocycles. The second-order valence-corrected chi connectivity index (χ2v) is 5.16.